The van der Waals surface area contributed by atoms with Crippen LogP contribution in [0.4, 0.5) is 19.7 Å². The molecule has 0 saturated heterocycles. The van der Waals surface area contributed by atoms with E-state index in [1.807, 2.05) is 0 Å². The zero-order valence-corrected chi connectivity index (χ0v) is 28.9. The van der Waals surface area contributed by atoms with Crippen LogP contribution in [-0.4, -0.2) is 53.4 Å². The summed E-state index contributed by atoms with van der Waals surface area (Å²) < 4.78 is 32.9. The molecule has 1 heterocycles. The lowest BCUT2D eigenvalue weighted by molar-refractivity contribution is -0.385. The van der Waals surface area contributed by atoms with Gasteiger partial charge in [0.05, 0.1) is 4.92 Å². The minimum Gasteiger partial charge on any atom is -0.461 e. The maximum atomic E-state index is 15.9. The first-order valence-corrected chi connectivity index (χ1v) is 17.3. The average Bonchev–Trinajstić information content (AvgIpc) is 3.62. The maximum Gasteiger partial charge on any atom is 0.428 e. The molecule has 0 N–H and O–H groups in total. The largest absolute Gasteiger partial charge is 0.461 e. The van der Waals surface area contributed by atoms with Gasteiger partial charge in [0.25, 0.3) is 5.69 Å². The molecule has 10 nitrogen and oxygen atoms in total. The van der Waals surface area contributed by atoms with E-state index in [2.05, 4.69) is 53.0 Å². The monoisotopic (exact) mass is 631 g/mol. The summed E-state index contributed by atoms with van der Waals surface area (Å²) in [5.74, 6) is 2.12. The fourth-order valence-electron chi connectivity index (χ4n) is 6.09. The Labute approximate surface area is 260 Å². The van der Waals surface area contributed by atoms with Crippen molar-refractivity contribution in [3.63, 3.8) is 0 Å². The molecule has 1 aliphatic heterocycles. The molecule has 44 heavy (non-hydrogen) atoms. The predicted octanol–water partition coefficient (Wildman–Crippen LogP) is 8.10. The molecule has 0 bridgehead atoms. The maximum absolute atomic E-state index is 15.9. The molecule has 1 aromatic carbocycles. The molecule has 1 saturated carbocycles. The Morgan fingerprint density at radius 3 is 1.98 bits per heavy atom. The Hall–Kier alpha value is -3.46. The standard InChI is InChI=1S/C32H46FN3O7Si/c1-19(2)44(20(3)4,21(5)6)16-15-32(23-17-22(36(39)40)13-14-25(23)33)24-18-26(24)41-27(34-32)35(28(37)42-30(7,8)9)29(38)43-31(10,11)12/h13-14,17,19-21,24,26H,18H2,1-12H3/t24-,26+,32+/m0/s1. The van der Waals surface area contributed by atoms with Crippen molar-refractivity contribution in [1.29, 1.82) is 0 Å². The Morgan fingerprint density at radius 2 is 1.55 bits per heavy atom. The van der Waals surface area contributed by atoms with Crippen molar-refractivity contribution in [2.24, 2.45) is 10.9 Å². The highest BCUT2D eigenvalue weighted by molar-refractivity contribution is 6.90. The Kier molecular flexibility index (Phi) is 9.66. The molecule has 242 valence electrons. The number of nitro benzene ring substituents is 1. The first-order chi connectivity index (χ1) is 20.1. The van der Waals surface area contributed by atoms with Crippen molar-refractivity contribution < 1.29 is 33.1 Å². The summed E-state index contributed by atoms with van der Waals surface area (Å²) >= 11 is 0. The summed E-state index contributed by atoms with van der Waals surface area (Å²) in [6.45, 7) is 22.6. The van der Waals surface area contributed by atoms with Crippen LogP contribution in [0, 0.1) is 33.3 Å². The number of nitrogens with zero attached hydrogens (tertiary/aromatic N) is 3. The first kappa shape index (κ1) is 35.0. The second-order valence-corrected chi connectivity index (χ2v) is 20.1. The number of nitro groups is 1. The van der Waals surface area contributed by atoms with Crippen molar-refractivity contribution in [1.82, 2.24) is 4.90 Å². The number of aliphatic imine (C=N–C) groups is 1. The van der Waals surface area contributed by atoms with E-state index in [9.17, 15) is 19.7 Å². The SMILES string of the molecule is CC(C)[Si](C#C[C@]1(c2cc([N+](=O)[O-])ccc2F)N=C(N(C(=O)OC(C)(C)C)C(=O)OC(C)(C)C)O[C@@H]2C[C@@H]21)(C(C)C)C(C)C. The smallest absolute Gasteiger partial charge is 0.428 e. The molecule has 3 rings (SSSR count). The quantitative estimate of drug-likeness (QED) is 0.139. The Morgan fingerprint density at radius 1 is 1.05 bits per heavy atom. The van der Waals surface area contributed by atoms with E-state index >= 15 is 4.39 Å². The topological polar surface area (TPSA) is 121 Å². The van der Waals surface area contributed by atoms with Gasteiger partial charge in [-0.25, -0.2) is 19.0 Å². The summed E-state index contributed by atoms with van der Waals surface area (Å²) in [5.41, 5.74) is 0.160. The van der Waals surface area contributed by atoms with Crippen molar-refractivity contribution in [2.75, 3.05) is 0 Å². The minimum absolute atomic E-state index is 0.111. The zero-order chi connectivity index (χ0) is 33.6. The molecule has 3 atom stereocenters. The molecule has 0 unspecified atom stereocenters. The van der Waals surface area contributed by atoms with Gasteiger partial charge in [-0.15, -0.1) is 10.4 Å². The number of ether oxygens (including phenoxy) is 3. The molecule has 0 aromatic heterocycles. The highest BCUT2D eigenvalue weighted by Crippen LogP contribution is 2.54. The van der Waals surface area contributed by atoms with Crippen LogP contribution in [0.5, 0.6) is 0 Å². The van der Waals surface area contributed by atoms with Gasteiger partial charge in [0, 0.05) is 23.6 Å². The van der Waals surface area contributed by atoms with Crippen LogP contribution in [0.25, 0.3) is 0 Å². The van der Waals surface area contributed by atoms with Crippen LogP contribution in [-0.2, 0) is 19.7 Å². The van der Waals surface area contributed by atoms with Gasteiger partial charge in [-0.3, -0.25) is 10.1 Å². The van der Waals surface area contributed by atoms with Gasteiger partial charge in [-0.1, -0.05) is 47.5 Å². The van der Waals surface area contributed by atoms with Crippen molar-refractivity contribution >= 4 is 32.0 Å². The second-order valence-electron chi connectivity index (χ2n) is 14.5. The number of carbonyl (C=O) groups is 2. The number of hydrogen-bond donors (Lipinski definition) is 0. The van der Waals surface area contributed by atoms with E-state index in [4.69, 9.17) is 19.2 Å². The third-order valence-electron chi connectivity index (χ3n) is 8.05. The zero-order valence-electron chi connectivity index (χ0n) is 27.9. The van der Waals surface area contributed by atoms with E-state index in [0.29, 0.717) is 11.3 Å². The average molecular weight is 632 g/mol. The van der Waals surface area contributed by atoms with Crippen LogP contribution in [0.3, 0.4) is 0 Å². The third kappa shape index (κ3) is 7.09. The van der Waals surface area contributed by atoms with Gasteiger partial charge < -0.3 is 14.2 Å². The second kappa shape index (κ2) is 12.1. The Bertz CT molecular complexity index is 1350. The van der Waals surface area contributed by atoms with E-state index in [1.165, 1.54) is 0 Å². The molecule has 12 heteroatoms. The summed E-state index contributed by atoms with van der Waals surface area (Å²) in [6.07, 6.45) is -2.40. The predicted molar refractivity (Wildman–Crippen MR) is 168 cm³/mol. The van der Waals surface area contributed by atoms with Crippen molar-refractivity contribution in [3.8, 4) is 11.5 Å². The number of rotatable bonds is 5. The van der Waals surface area contributed by atoms with Crippen LogP contribution < -0.4 is 0 Å². The van der Waals surface area contributed by atoms with E-state index in [1.54, 1.807) is 41.5 Å². The van der Waals surface area contributed by atoms with E-state index < -0.39 is 65.8 Å². The molecule has 0 radical (unpaired) electrons. The van der Waals surface area contributed by atoms with Gasteiger partial charge in [0.2, 0.25) is 0 Å². The number of carbonyl (C=O) groups excluding carboxylic acids is 2. The molecule has 2 amide bonds. The first-order valence-electron chi connectivity index (χ1n) is 15.1. The normalized spacial score (nSPS) is 21.5. The van der Waals surface area contributed by atoms with Gasteiger partial charge in [0.15, 0.2) is 5.54 Å². The van der Waals surface area contributed by atoms with Crippen LogP contribution in [0.1, 0.15) is 95.1 Å². The number of hydrogen-bond acceptors (Lipinski definition) is 8. The van der Waals surface area contributed by atoms with Gasteiger partial charge >= 0.3 is 18.2 Å². The highest BCUT2D eigenvalue weighted by Gasteiger charge is 2.61. The van der Waals surface area contributed by atoms with E-state index in [-0.39, 0.29) is 27.9 Å². The number of amides is 2. The van der Waals surface area contributed by atoms with Crippen LogP contribution in [0.2, 0.25) is 16.6 Å². The molecular weight excluding hydrogens is 585 g/mol. The fourth-order valence-corrected chi connectivity index (χ4v) is 11.4. The number of benzene rings is 1. The van der Waals surface area contributed by atoms with E-state index in [0.717, 1.165) is 18.2 Å². The summed E-state index contributed by atoms with van der Waals surface area (Å²) in [6, 6.07) is 2.78. The molecular formula is C32H46FN3O7Si. The minimum atomic E-state index is -2.44. The van der Waals surface area contributed by atoms with Gasteiger partial charge in [-0.05, 0) is 70.7 Å². The molecule has 1 aliphatic carbocycles. The number of amidine groups is 1. The van der Waals surface area contributed by atoms with Gasteiger partial charge in [0.1, 0.15) is 31.2 Å². The molecule has 1 fully saturated rings. The number of fused-ring (bicyclic) bond motifs is 1. The molecule has 0 spiro atoms. The van der Waals surface area contributed by atoms with Gasteiger partial charge in [-0.2, -0.15) is 0 Å². The molecule has 1 aromatic rings. The number of imide groups is 1. The van der Waals surface area contributed by atoms with Crippen LogP contribution in [0.15, 0.2) is 23.2 Å². The summed E-state index contributed by atoms with van der Waals surface area (Å²) in [7, 11) is -2.44. The highest BCUT2D eigenvalue weighted by atomic mass is 28.3. The summed E-state index contributed by atoms with van der Waals surface area (Å²) in [5, 5.41) is 11.8. The third-order valence-corrected chi connectivity index (χ3v) is 14.3. The lowest BCUT2D eigenvalue weighted by atomic mass is 9.85. The van der Waals surface area contributed by atoms with Crippen LogP contribution >= 0.6 is 0 Å². The lowest BCUT2D eigenvalue weighted by Gasteiger charge is -2.39. The van der Waals surface area contributed by atoms with Crippen molar-refractivity contribution in [2.45, 2.75) is 129 Å². The Balaban J connectivity index is 2.41. The summed E-state index contributed by atoms with van der Waals surface area (Å²) in [4.78, 5) is 43.5. The lowest BCUT2D eigenvalue weighted by Crippen LogP contribution is -2.50. The fraction of sp³-hybridized carbons (Fsp3) is 0.656. The van der Waals surface area contributed by atoms with Crippen molar-refractivity contribution in [3.05, 3.63) is 39.7 Å². The molecule has 2 aliphatic rings. The number of non-ortho nitro benzene ring substituents is 1. The number of halogens is 1.